The predicted molar refractivity (Wildman–Crippen MR) is 57.7 cm³/mol. The number of ether oxygens (including phenoxy) is 1. The SMILES string of the molecule is O=C(OCC1CCCNC1)N1CCCC1. The van der Waals surface area contributed by atoms with E-state index in [9.17, 15) is 4.79 Å². The quantitative estimate of drug-likeness (QED) is 0.748. The molecule has 0 radical (unpaired) electrons. The Morgan fingerprint density at radius 3 is 2.80 bits per heavy atom. The summed E-state index contributed by atoms with van der Waals surface area (Å²) in [7, 11) is 0. The first-order chi connectivity index (χ1) is 7.36. The maximum atomic E-state index is 11.6. The number of piperidine rings is 1. The van der Waals surface area contributed by atoms with Gasteiger partial charge in [0.2, 0.25) is 0 Å². The van der Waals surface area contributed by atoms with Gasteiger partial charge in [-0.25, -0.2) is 4.79 Å². The Balaban J connectivity index is 1.65. The normalized spacial score (nSPS) is 26.7. The molecule has 15 heavy (non-hydrogen) atoms. The minimum absolute atomic E-state index is 0.113. The van der Waals surface area contributed by atoms with Crippen LogP contribution in [0.3, 0.4) is 0 Å². The summed E-state index contributed by atoms with van der Waals surface area (Å²) in [5.41, 5.74) is 0. The molecule has 4 heteroatoms. The van der Waals surface area contributed by atoms with Crippen LogP contribution < -0.4 is 5.32 Å². The first-order valence-electron chi connectivity index (χ1n) is 5.98. The van der Waals surface area contributed by atoms with E-state index in [1.54, 1.807) is 0 Å². The lowest BCUT2D eigenvalue weighted by molar-refractivity contribution is 0.0894. The van der Waals surface area contributed by atoms with E-state index >= 15 is 0 Å². The number of amides is 1. The van der Waals surface area contributed by atoms with E-state index in [1.165, 1.54) is 12.8 Å². The van der Waals surface area contributed by atoms with E-state index < -0.39 is 0 Å². The predicted octanol–water partition coefficient (Wildman–Crippen LogP) is 1.22. The van der Waals surface area contributed by atoms with Gasteiger partial charge in [-0.2, -0.15) is 0 Å². The molecule has 1 unspecified atom stereocenters. The summed E-state index contributed by atoms with van der Waals surface area (Å²) >= 11 is 0. The maximum absolute atomic E-state index is 11.6. The summed E-state index contributed by atoms with van der Waals surface area (Å²) < 4.78 is 5.31. The molecule has 2 rings (SSSR count). The average molecular weight is 212 g/mol. The zero-order chi connectivity index (χ0) is 10.5. The smallest absolute Gasteiger partial charge is 0.409 e. The van der Waals surface area contributed by atoms with Crippen LogP contribution in [-0.2, 0) is 4.74 Å². The van der Waals surface area contributed by atoms with Crippen LogP contribution in [-0.4, -0.2) is 43.8 Å². The van der Waals surface area contributed by atoms with E-state index in [0.29, 0.717) is 12.5 Å². The van der Waals surface area contributed by atoms with Gasteiger partial charge in [-0.15, -0.1) is 0 Å². The number of nitrogens with zero attached hydrogens (tertiary/aromatic N) is 1. The Kier molecular flexibility index (Phi) is 3.83. The third-order valence-electron chi connectivity index (χ3n) is 3.21. The Morgan fingerprint density at radius 2 is 2.13 bits per heavy atom. The van der Waals surface area contributed by atoms with Gasteiger partial charge in [-0.3, -0.25) is 0 Å². The van der Waals surface area contributed by atoms with Crippen LogP contribution >= 0.6 is 0 Å². The molecule has 1 N–H and O–H groups in total. The molecule has 0 aromatic carbocycles. The maximum Gasteiger partial charge on any atom is 0.409 e. The van der Waals surface area contributed by atoms with Gasteiger partial charge in [0.05, 0.1) is 6.61 Å². The molecule has 0 saturated carbocycles. The number of hydrogen-bond donors (Lipinski definition) is 1. The minimum Gasteiger partial charge on any atom is -0.449 e. The standard InChI is InChI=1S/C11H20N2O2/c14-11(13-6-1-2-7-13)15-9-10-4-3-5-12-8-10/h10,12H,1-9H2. The van der Waals surface area contributed by atoms with Gasteiger partial charge in [-0.1, -0.05) is 0 Å². The summed E-state index contributed by atoms with van der Waals surface area (Å²) in [4.78, 5) is 13.4. The van der Waals surface area contributed by atoms with Crippen molar-refractivity contribution in [3.63, 3.8) is 0 Å². The molecular formula is C11H20N2O2. The van der Waals surface area contributed by atoms with Crippen molar-refractivity contribution in [2.75, 3.05) is 32.8 Å². The molecule has 0 aromatic heterocycles. The van der Waals surface area contributed by atoms with E-state index in [1.807, 2.05) is 4.90 Å². The summed E-state index contributed by atoms with van der Waals surface area (Å²) in [6, 6.07) is 0. The van der Waals surface area contributed by atoms with E-state index in [0.717, 1.165) is 39.0 Å². The molecule has 0 aliphatic carbocycles. The topological polar surface area (TPSA) is 41.6 Å². The molecule has 0 bridgehead atoms. The highest BCUT2D eigenvalue weighted by molar-refractivity contribution is 5.67. The van der Waals surface area contributed by atoms with E-state index in [-0.39, 0.29) is 6.09 Å². The Bertz CT molecular complexity index is 209. The lowest BCUT2D eigenvalue weighted by Crippen LogP contribution is -2.35. The number of hydrogen-bond acceptors (Lipinski definition) is 3. The Hall–Kier alpha value is -0.770. The molecule has 2 saturated heterocycles. The zero-order valence-corrected chi connectivity index (χ0v) is 9.21. The highest BCUT2D eigenvalue weighted by Crippen LogP contribution is 2.13. The summed E-state index contributed by atoms with van der Waals surface area (Å²) in [5.74, 6) is 0.519. The molecule has 4 nitrogen and oxygen atoms in total. The Labute approximate surface area is 91.0 Å². The molecule has 2 fully saturated rings. The lowest BCUT2D eigenvalue weighted by Gasteiger charge is -2.23. The number of nitrogens with one attached hydrogen (secondary N) is 1. The number of likely N-dealkylation sites (tertiary alicyclic amines) is 1. The molecule has 0 spiro atoms. The van der Waals surface area contributed by atoms with Gasteiger partial charge in [0.25, 0.3) is 0 Å². The highest BCUT2D eigenvalue weighted by Gasteiger charge is 2.21. The molecule has 2 aliphatic heterocycles. The molecule has 0 aromatic rings. The fourth-order valence-corrected chi connectivity index (χ4v) is 2.25. The second kappa shape index (κ2) is 5.35. The van der Waals surface area contributed by atoms with Crippen LogP contribution in [0.2, 0.25) is 0 Å². The fourth-order valence-electron chi connectivity index (χ4n) is 2.25. The van der Waals surface area contributed by atoms with Crippen LogP contribution in [0.25, 0.3) is 0 Å². The monoisotopic (exact) mass is 212 g/mol. The molecular weight excluding hydrogens is 192 g/mol. The van der Waals surface area contributed by atoms with Gasteiger partial charge >= 0.3 is 6.09 Å². The Morgan fingerprint density at radius 1 is 1.33 bits per heavy atom. The second-order valence-corrected chi connectivity index (χ2v) is 4.48. The van der Waals surface area contributed by atoms with Crippen LogP contribution in [0, 0.1) is 5.92 Å². The summed E-state index contributed by atoms with van der Waals surface area (Å²) in [6.45, 7) is 4.44. The molecule has 2 heterocycles. The van der Waals surface area contributed by atoms with Crippen molar-refractivity contribution < 1.29 is 9.53 Å². The highest BCUT2D eigenvalue weighted by atomic mass is 16.6. The summed E-state index contributed by atoms with van der Waals surface area (Å²) in [5, 5.41) is 3.32. The number of carbonyl (C=O) groups is 1. The molecule has 1 amide bonds. The molecule has 86 valence electrons. The second-order valence-electron chi connectivity index (χ2n) is 4.48. The average Bonchev–Trinajstić information content (AvgIpc) is 2.81. The zero-order valence-electron chi connectivity index (χ0n) is 9.21. The van der Waals surface area contributed by atoms with Crippen molar-refractivity contribution in [3.8, 4) is 0 Å². The fraction of sp³-hybridized carbons (Fsp3) is 0.909. The van der Waals surface area contributed by atoms with E-state index in [2.05, 4.69) is 5.32 Å². The van der Waals surface area contributed by atoms with Crippen LogP contribution in [0.4, 0.5) is 4.79 Å². The van der Waals surface area contributed by atoms with Gasteiger partial charge in [0.15, 0.2) is 0 Å². The van der Waals surface area contributed by atoms with Crippen molar-refractivity contribution in [2.24, 2.45) is 5.92 Å². The number of carbonyl (C=O) groups excluding carboxylic acids is 1. The minimum atomic E-state index is -0.113. The molecule has 1 atom stereocenters. The third kappa shape index (κ3) is 3.09. The number of rotatable bonds is 2. The van der Waals surface area contributed by atoms with Crippen molar-refractivity contribution in [3.05, 3.63) is 0 Å². The van der Waals surface area contributed by atoms with Crippen LogP contribution in [0.1, 0.15) is 25.7 Å². The van der Waals surface area contributed by atoms with E-state index in [4.69, 9.17) is 4.74 Å². The van der Waals surface area contributed by atoms with Crippen molar-refractivity contribution in [1.82, 2.24) is 10.2 Å². The first-order valence-corrected chi connectivity index (χ1v) is 5.98. The van der Waals surface area contributed by atoms with Gasteiger partial charge < -0.3 is 15.0 Å². The largest absolute Gasteiger partial charge is 0.449 e. The van der Waals surface area contributed by atoms with Crippen molar-refractivity contribution in [2.45, 2.75) is 25.7 Å². The third-order valence-corrected chi connectivity index (χ3v) is 3.21. The van der Waals surface area contributed by atoms with Crippen LogP contribution in [0.5, 0.6) is 0 Å². The summed E-state index contributed by atoms with van der Waals surface area (Å²) in [6.07, 6.45) is 4.52. The lowest BCUT2D eigenvalue weighted by atomic mass is 10.0. The van der Waals surface area contributed by atoms with Crippen molar-refractivity contribution >= 4 is 6.09 Å². The van der Waals surface area contributed by atoms with Crippen molar-refractivity contribution in [1.29, 1.82) is 0 Å². The first kappa shape index (κ1) is 10.7. The van der Waals surface area contributed by atoms with Gasteiger partial charge in [-0.05, 0) is 32.2 Å². The van der Waals surface area contributed by atoms with Crippen LogP contribution in [0.15, 0.2) is 0 Å². The molecule has 2 aliphatic rings. The van der Waals surface area contributed by atoms with Gasteiger partial charge in [0, 0.05) is 25.6 Å². The van der Waals surface area contributed by atoms with Gasteiger partial charge in [0.1, 0.15) is 0 Å².